The van der Waals surface area contributed by atoms with Gasteiger partial charge in [-0.15, -0.1) is 0 Å². The third kappa shape index (κ3) is 4.53. The molecule has 0 bridgehead atoms. The lowest BCUT2D eigenvalue weighted by molar-refractivity contribution is -0.119. The molecule has 0 aromatic carbocycles. The van der Waals surface area contributed by atoms with Crippen LogP contribution in [0.1, 0.15) is 67.5 Å². The van der Waals surface area contributed by atoms with Crippen molar-refractivity contribution >= 4 is 27.5 Å². The van der Waals surface area contributed by atoms with Crippen LogP contribution in [0.3, 0.4) is 0 Å². The summed E-state index contributed by atoms with van der Waals surface area (Å²) in [4.78, 5) is 17.0. The molecule has 0 saturated heterocycles. The van der Waals surface area contributed by atoms with Gasteiger partial charge in [-0.3, -0.25) is 9.78 Å². The first-order valence-electron chi connectivity index (χ1n) is 10.9. The quantitative estimate of drug-likeness (QED) is 0.710. The third-order valence-electron chi connectivity index (χ3n) is 6.43. The Bertz CT molecular complexity index is 1000. The Labute approximate surface area is 172 Å². The van der Waals surface area contributed by atoms with Crippen LogP contribution in [0.25, 0.3) is 11.6 Å². The SMILES string of the molecule is O=C(Cc1cc(C2=CCC(NS(=O)(=O)CC3CC3)CC2)c2c(n1)CC=C2)C1CC1. The zero-order chi connectivity index (χ0) is 20.0. The van der Waals surface area contributed by atoms with E-state index in [0.29, 0.717) is 18.1 Å². The molecule has 4 aliphatic carbocycles. The molecule has 1 aromatic heterocycles. The number of hydrogen-bond acceptors (Lipinski definition) is 4. The highest BCUT2D eigenvalue weighted by Gasteiger charge is 2.31. The predicted molar refractivity (Wildman–Crippen MR) is 114 cm³/mol. The molecule has 1 heterocycles. The van der Waals surface area contributed by atoms with Gasteiger partial charge in [0.1, 0.15) is 5.78 Å². The van der Waals surface area contributed by atoms with E-state index < -0.39 is 10.0 Å². The molecule has 5 nitrogen and oxygen atoms in total. The van der Waals surface area contributed by atoms with Gasteiger partial charge in [-0.1, -0.05) is 18.2 Å². The number of pyridine rings is 1. The Morgan fingerprint density at radius 3 is 2.69 bits per heavy atom. The zero-order valence-corrected chi connectivity index (χ0v) is 17.5. The first kappa shape index (κ1) is 19.2. The van der Waals surface area contributed by atoms with E-state index >= 15 is 0 Å². The number of nitrogens with zero attached hydrogens (tertiary/aromatic N) is 1. The second-order valence-corrected chi connectivity index (χ2v) is 10.9. The Kier molecular flexibility index (Phi) is 4.95. The fourth-order valence-corrected chi connectivity index (χ4v) is 6.23. The normalized spacial score (nSPS) is 23.7. The molecule has 154 valence electrons. The van der Waals surface area contributed by atoms with E-state index in [1.54, 1.807) is 0 Å². The minimum atomic E-state index is -3.17. The van der Waals surface area contributed by atoms with Gasteiger partial charge in [0.05, 0.1) is 11.4 Å². The molecule has 0 radical (unpaired) electrons. The van der Waals surface area contributed by atoms with Gasteiger partial charge in [0, 0.05) is 36.1 Å². The van der Waals surface area contributed by atoms with Crippen molar-refractivity contribution in [3.63, 3.8) is 0 Å². The fraction of sp³-hybridized carbons (Fsp3) is 0.565. The average molecular weight is 413 g/mol. The van der Waals surface area contributed by atoms with Crippen molar-refractivity contribution in [2.75, 3.05) is 5.75 Å². The Morgan fingerprint density at radius 2 is 2.00 bits per heavy atom. The number of allylic oxidation sites excluding steroid dienone is 2. The van der Waals surface area contributed by atoms with Crippen molar-refractivity contribution in [2.24, 2.45) is 11.8 Å². The molecule has 29 heavy (non-hydrogen) atoms. The lowest BCUT2D eigenvalue weighted by Gasteiger charge is -2.24. The minimum absolute atomic E-state index is 0.0103. The van der Waals surface area contributed by atoms with E-state index in [9.17, 15) is 13.2 Å². The smallest absolute Gasteiger partial charge is 0.212 e. The minimum Gasteiger partial charge on any atom is -0.299 e. The van der Waals surface area contributed by atoms with Crippen molar-refractivity contribution in [1.82, 2.24) is 9.71 Å². The van der Waals surface area contributed by atoms with Crippen LogP contribution in [0.4, 0.5) is 0 Å². The van der Waals surface area contributed by atoms with Gasteiger partial charge in [-0.2, -0.15) is 0 Å². The van der Waals surface area contributed by atoms with E-state index in [0.717, 1.165) is 62.8 Å². The first-order valence-corrected chi connectivity index (χ1v) is 12.5. The molecule has 6 heteroatoms. The van der Waals surface area contributed by atoms with Crippen LogP contribution in [0.5, 0.6) is 0 Å². The van der Waals surface area contributed by atoms with Crippen LogP contribution < -0.4 is 4.72 Å². The van der Waals surface area contributed by atoms with Crippen LogP contribution in [-0.4, -0.2) is 31.0 Å². The summed E-state index contributed by atoms with van der Waals surface area (Å²) in [7, 11) is -3.17. The maximum Gasteiger partial charge on any atom is 0.212 e. The Hall–Kier alpha value is -1.79. The molecule has 1 aromatic rings. The lowest BCUT2D eigenvalue weighted by atomic mass is 9.88. The number of sulfonamides is 1. The zero-order valence-electron chi connectivity index (χ0n) is 16.7. The van der Waals surface area contributed by atoms with E-state index in [1.165, 1.54) is 16.7 Å². The number of ketones is 1. The largest absolute Gasteiger partial charge is 0.299 e. The average Bonchev–Trinajstić information content (AvgIpc) is 3.60. The van der Waals surface area contributed by atoms with E-state index in [4.69, 9.17) is 4.98 Å². The fourth-order valence-electron chi connectivity index (χ4n) is 4.46. The molecular weight excluding hydrogens is 384 g/mol. The number of nitrogens with one attached hydrogen (secondary N) is 1. The molecule has 2 fully saturated rings. The lowest BCUT2D eigenvalue weighted by Crippen LogP contribution is -2.37. The van der Waals surface area contributed by atoms with Gasteiger partial charge in [-0.05, 0) is 68.1 Å². The monoisotopic (exact) mass is 412 g/mol. The summed E-state index contributed by atoms with van der Waals surface area (Å²) in [5.74, 6) is 1.22. The molecule has 0 spiro atoms. The molecule has 0 aliphatic heterocycles. The summed E-state index contributed by atoms with van der Waals surface area (Å²) in [5.41, 5.74) is 5.56. The van der Waals surface area contributed by atoms with Crippen molar-refractivity contribution in [3.05, 3.63) is 40.7 Å². The number of aromatic nitrogens is 1. The standard InChI is InChI=1S/C23H28N2O3S/c26-23(17-6-7-17)13-19-12-21(20-2-1-3-22(20)24-19)16-8-10-18(11-9-16)25-29(27,28)14-15-4-5-15/h1-2,8,12,15,17-18,25H,3-7,9-11,13-14H2. The van der Waals surface area contributed by atoms with Crippen molar-refractivity contribution in [1.29, 1.82) is 0 Å². The second kappa shape index (κ2) is 7.47. The van der Waals surface area contributed by atoms with Gasteiger partial charge in [0.15, 0.2) is 0 Å². The van der Waals surface area contributed by atoms with Gasteiger partial charge in [0.25, 0.3) is 0 Å². The number of carbonyl (C=O) groups is 1. The summed E-state index contributed by atoms with van der Waals surface area (Å²) < 4.78 is 27.5. The van der Waals surface area contributed by atoms with Crippen LogP contribution in [0.15, 0.2) is 18.2 Å². The van der Waals surface area contributed by atoms with Crippen LogP contribution in [0.2, 0.25) is 0 Å². The molecule has 4 aliphatic rings. The van der Waals surface area contributed by atoms with Gasteiger partial charge < -0.3 is 0 Å². The highest BCUT2D eigenvalue weighted by Crippen LogP contribution is 2.36. The molecule has 0 amide bonds. The second-order valence-electron chi connectivity index (χ2n) is 9.09. The summed E-state index contributed by atoms with van der Waals surface area (Å²) in [6.07, 6.45) is 14.2. The highest BCUT2D eigenvalue weighted by molar-refractivity contribution is 7.89. The summed E-state index contributed by atoms with van der Waals surface area (Å²) in [6.45, 7) is 0. The van der Waals surface area contributed by atoms with Crippen molar-refractivity contribution < 1.29 is 13.2 Å². The number of fused-ring (bicyclic) bond motifs is 1. The van der Waals surface area contributed by atoms with Crippen molar-refractivity contribution in [2.45, 2.75) is 63.8 Å². The van der Waals surface area contributed by atoms with Gasteiger partial charge in [0.2, 0.25) is 10.0 Å². The number of rotatable bonds is 8. The molecule has 5 rings (SSSR count). The van der Waals surface area contributed by atoms with E-state index in [-0.39, 0.29) is 17.7 Å². The summed E-state index contributed by atoms with van der Waals surface area (Å²) in [6, 6.07) is 2.09. The topological polar surface area (TPSA) is 76.1 Å². The number of hydrogen-bond donors (Lipinski definition) is 1. The number of Topliss-reactive ketones (excluding diaryl/α,β-unsaturated/α-hetero) is 1. The Balaban J connectivity index is 1.32. The van der Waals surface area contributed by atoms with Gasteiger partial charge in [-0.25, -0.2) is 13.1 Å². The molecule has 1 atom stereocenters. The number of carbonyl (C=O) groups excluding carboxylic acids is 1. The van der Waals surface area contributed by atoms with E-state index in [2.05, 4.69) is 29.0 Å². The third-order valence-corrected chi connectivity index (χ3v) is 8.03. The Morgan fingerprint density at radius 1 is 1.17 bits per heavy atom. The summed E-state index contributed by atoms with van der Waals surface area (Å²) >= 11 is 0. The highest BCUT2D eigenvalue weighted by atomic mass is 32.2. The van der Waals surface area contributed by atoms with Crippen LogP contribution >= 0.6 is 0 Å². The van der Waals surface area contributed by atoms with Crippen LogP contribution in [-0.2, 0) is 27.7 Å². The maximum atomic E-state index is 12.3. The maximum absolute atomic E-state index is 12.3. The van der Waals surface area contributed by atoms with E-state index in [1.807, 2.05) is 0 Å². The van der Waals surface area contributed by atoms with Crippen LogP contribution in [0, 0.1) is 11.8 Å². The molecule has 2 saturated carbocycles. The molecule has 1 unspecified atom stereocenters. The summed E-state index contributed by atoms with van der Waals surface area (Å²) in [5, 5.41) is 0. The first-order chi connectivity index (χ1) is 14.0. The molecule has 1 N–H and O–H groups in total. The predicted octanol–water partition coefficient (Wildman–Crippen LogP) is 3.44. The van der Waals surface area contributed by atoms with Crippen molar-refractivity contribution in [3.8, 4) is 0 Å². The van der Waals surface area contributed by atoms with Gasteiger partial charge >= 0.3 is 0 Å². The molecular formula is C23H28N2O3S.